The molecule has 1 amide bonds. The first-order valence-corrected chi connectivity index (χ1v) is 9.72. The quantitative estimate of drug-likeness (QED) is 0.559. The molecule has 0 saturated carbocycles. The van der Waals surface area contributed by atoms with Gasteiger partial charge in [-0.15, -0.1) is 16.8 Å². The van der Waals surface area contributed by atoms with E-state index in [4.69, 9.17) is 0 Å². The van der Waals surface area contributed by atoms with E-state index in [9.17, 15) is 4.79 Å². The third-order valence-electron chi connectivity index (χ3n) is 4.33. The van der Waals surface area contributed by atoms with E-state index >= 15 is 0 Å². The summed E-state index contributed by atoms with van der Waals surface area (Å²) in [7, 11) is 0. The van der Waals surface area contributed by atoms with Gasteiger partial charge in [0.05, 0.1) is 11.0 Å². The zero-order valence-corrected chi connectivity index (χ0v) is 16.1. The second kappa shape index (κ2) is 7.85. The van der Waals surface area contributed by atoms with Crippen molar-refractivity contribution in [2.75, 3.05) is 0 Å². The predicted molar refractivity (Wildman–Crippen MR) is 110 cm³/mol. The van der Waals surface area contributed by atoms with Crippen LogP contribution < -0.4 is 0 Å². The third-order valence-corrected chi connectivity index (χ3v) is 5.41. The second-order valence-corrected chi connectivity index (χ2v) is 7.58. The molecule has 2 atom stereocenters. The highest BCUT2D eigenvalue weighted by molar-refractivity contribution is 8.00. The first-order chi connectivity index (χ1) is 13.7. The Labute approximate surface area is 166 Å². The Hall–Kier alpha value is -3.13. The number of thioether (sulfide) groups is 1. The van der Waals surface area contributed by atoms with Gasteiger partial charge in [0.2, 0.25) is 0 Å². The molecule has 4 rings (SSSR count). The number of rotatable bonds is 6. The van der Waals surface area contributed by atoms with Gasteiger partial charge in [0.1, 0.15) is 11.8 Å². The van der Waals surface area contributed by atoms with Crippen molar-refractivity contribution >= 4 is 29.2 Å². The van der Waals surface area contributed by atoms with Crippen LogP contribution in [0.5, 0.6) is 0 Å². The summed E-state index contributed by atoms with van der Waals surface area (Å²) in [5, 5.41) is 9.21. The lowest BCUT2D eigenvalue weighted by Crippen LogP contribution is -2.30. The number of hydrogen-bond acceptors (Lipinski definition) is 6. The Kier molecular flexibility index (Phi) is 5.12. The average Bonchev–Trinajstić information content (AvgIpc) is 3.11. The average molecular weight is 390 g/mol. The minimum Gasteiger partial charge on any atom is -0.298 e. The lowest BCUT2D eigenvalue weighted by Gasteiger charge is -2.20. The number of carbonyl (C=O) groups excluding carboxylic acids is 1. The Morgan fingerprint density at radius 1 is 1.32 bits per heavy atom. The van der Waals surface area contributed by atoms with E-state index in [-0.39, 0.29) is 17.1 Å². The second-order valence-electron chi connectivity index (χ2n) is 6.27. The van der Waals surface area contributed by atoms with Gasteiger partial charge in [0.15, 0.2) is 11.0 Å². The maximum Gasteiger partial charge on any atom is 0.260 e. The van der Waals surface area contributed by atoms with Crippen molar-refractivity contribution in [3.63, 3.8) is 0 Å². The van der Waals surface area contributed by atoms with Crippen LogP contribution in [-0.4, -0.2) is 42.5 Å². The number of fused-ring (bicyclic) bond motifs is 1. The summed E-state index contributed by atoms with van der Waals surface area (Å²) >= 11 is 1.46. The molecule has 2 aromatic rings. The predicted octanol–water partition coefficient (Wildman–Crippen LogP) is 3.13. The molecule has 0 bridgehead atoms. The summed E-state index contributed by atoms with van der Waals surface area (Å²) in [6, 6.07) is 3.80. The minimum atomic E-state index is -0.368. The van der Waals surface area contributed by atoms with E-state index in [1.165, 1.54) is 11.8 Å². The monoisotopic (exact) mass is 390 g/mol. The van der Waals surface area contributed by atoms with Crippen LogP contribution in [0.2, 0.25) is 0 Å². The van der Waals surface area contributed by atoms with Gasteiger partial charge < -0.3 is 0 Å². The molecule has 1 aliphatic heterocycles. The summed E-state index contributed by atoms with van der Waals surface area (Å²) < 4.78 is 1.97. The minimum absolute atomic E-state index is 0.161. The van der Waals surface area contributed by atoms with Gasteiger partial charge in [-0.25, -0.2) is 4.99 Å². The number of allylic oxidation sites excluding steroid dienone is 4. The van der Waals surface area contributed by atoms with Crippen molar-refractivity contribution in [2.24, 2.45) is 15.9 Å². The van der Waals surface area contributed by atoms with E-state index in [0.29, 0.717) is 17.5 Å². The van der Waals surface area contributed by atoms with E-state index in [2.05, 4.69) is 31.7 Å². The number of carbonyl (C=O) groups is 1. The van der Waals surface area contributed by atoms with Gasteiger partial charge in [-0.3, -0.25) is 14.3 Å². The molecule has 28 heavy (non-hydrogen) atoms. The molecule has 0 spiro atoms. The van der Waals surface area contributed by atoms with Crippen LogP contribution in [0.4, 0.5) is 0 Å². The molecule has 0 N–H and O–H groups in total. The number of nitrogens with zero attached hydrogens (tertiary/aromatic N) is 6. The topological polar surface area (TPSA) is 85.4 Å². The summed E-state index contributed by atoms with van der Waals surface area (Å²) in [4.78, 5) is 25.3. The van der Waals surface area contributed by atoms with Crippen molar-refractivity contribution < 1.29 is 4.79 Å². The number of hydrogen-bond donors (Lipinski definition) is 0. The maximum absolute atomic E-state index is 12.3. The van der Waals surface area contributed by atoms with E-state index in [1.54, 1.807) is 18.5 Å². The van der Waals surface area contributed by atoms with Crippen molar-refractivity contribution in [2.45, 2.75) is 23.9 Å². The van der Waals surface area contributed by atoms with Gasteiger partial charge in [0.25, 0.3) is 5.91 Å². The Balaban J connectivity index is 1.61. The van der Waals surface area contributed by atoms with E-state index < -0.39 is 0 Å². The SMILES string of the molecule is C=CCn1c(SC(C)C2=NC(=O)C3C=CC=CC3=N2)nnc1-c1cccnc1. The van der Waals surface area contributed by atoms with Gasteiger partial charge in [-0.2, -0.15) is 4.99 Å². The fourth-order valence-corrected chi connectivity index (χ4v) is 3.86. The van der Waals surface area contributed by atoms with Crippen LogP contribution in [0.15, 0.2) is 76.6 Å². The molecule has 0 radical (unpaired) electrons. The highest BCUT2D eigenvalue weighted by Gasteiger charge is 2.29. The van der Waals surface area contributed by atoms with Crippen LogP contribution in [0.3, 0.4) is 0 Å². The molecule has 140 valence electrons. The number of pyridine rings is 1. The first kappa shape index (κ1) is 18.2. The number of amidine groups is 1. The van der Waals surface area contributed by atoms with E-state index in [1.807, 2.05) is 47.9 Å². The Morgan fingerprint density at radius 2 is 2.21 bits per heavy atom. The lowest BCUT2D eigenvalue weighted by molar-refractivity contribution is -0.118. The third kappa shape index (κ3) is 3.50. The smallest absolute Gasteiger partial charge is 0.260 e. The van der Waals surface area contributed by atoms with Crippen LogP contribution in [0.1, 0.15) is 6.92 Å². The normalized spacial score (nSPS) is 19.0. The molecule has 3 heterocycles. The lowest BCUT2D eigenvalue weighted by atomic mass is 9.96. The first-order valence-electron chi connectivity index (χ1n) is 8.84. The van der Waals surface area contributed by atoms with Crippen LogP contribution in [-0.2, 0) is 11.3 Å². The summed E-state index contributed by atoms with van der Waals surface area (Å²) in [6.45, 7) is 6.35. The molecule has 0 saturated heterocycles. The summed E-state index contributed by atoms with van der Waals surface area (Å²) in [5.41, 5.74) is 1.61. The Bertz CT molecular complexity index is 1030. The van der Waals surface area contributed by atoms with Gasteiger partial charge in [-0.1, -0.05) is 36.1 Å². The molecule has 0 fully saturated rings. The van der Waals surface area contributed by atoms with Crippen LogP contribution >= 0.6 is 11.8 Å². The van der Waals surface area contributed by atoms with Crippen molar-refractivity contribution in [3.05, 3.63) is 61.5 Å². The van der Waals surface area contributed by atoms with Crippen molar-refractivity contribution in [3.8, 4) is 11.4 Å². The summed E-state index contributed by atoms with van der Waals surface area (Å²) in [6.07, 6.45) is 12.7. The van der Waals surface area contributed by atoms with Crippen LogP contribution in [0.25, 0.3) is 11.4 Å². The molecule has 8 heteroatoms. The number of amides is 1. The zero-order chi connectivity index (χ0) is 19.5. The van der Waals surface area contributed by atoms with Gasteiger partial charge in [0, 0.05) is 24.5 Å². The van der Waals surface area contributed by atoms with Crippen LogP contribution in [0, 0.1) is 5.92 Å². The number of aliphatic imine (C=N–C) groups is 2. The highest BCUT2D eigenvalue weighted by Crippen LogP contribution is 2.29. The molecule has 2 aliphatic rings. The maximum atomic E-state index is 12.3. The summed E-state index contributed by atoms with van der Waals surface area (Å²) in [5.74, 6) is 0.664. The fourth-order valence-electron chi connectivity index (χ4n) is 2.96. The van der Waals surface area contributed by atoms with Gasteiger partial charge in [-0.05, 0) is 25.1 Å². The largest absolute Gasteiger partial charge is 0.298 e. The highest BCUT2D eigenvalue weighted by atomic mass is 32.2. The number of aromatic nitrogens is 4. The molecular formula is C20H18N6OS. The molecule has 2 aromatic heterocycles. The standard InChI is InChI=1S/C20H18N6OS/c1-3-11-26-18(14-7-6-10-21-12-14)24-25-20(26)28-13(2)17-22-16-9-5-4-8-15(16)19(27)23-17/h3-10,12-13,15H,1,11H2,2H3. The van der Waals surface area contributed by atoms with Gasteiger partial charge >= 0.3 is 0 Å². The molecule has 1 aliphatic carbocycles. The van der Waals surface area contributed by atoms with E-state index in [0.717, 1.165) is 17.1 Å². The molecule has 7 nitrogen and oxygen atoms in total. The zero-order valence-electron chi connectivity index (χ0n) is 15.3. The molecular weight excluding hydrogens is 372 g/mol. The Morgan fingerprint density at radius 3 is 3.00 bits per heavy atom. The molecule has 0 aromatic carbocycles. The molecule has 2 unspecified atom stereocenters. The van der Waals surface area contributed by atoms with Crippen molar-refractivity contribution in [1.29, 1.82) is 0 Å². The fraction of sp³-hybridized carbons (Fsp3) is 0.200. The van der Waals surface area contributed by atoms with Crippen molar-refractivity contribution in [1.82, 2.24) is 19.7 Å².